The third kappa shape index (κ3) is 7.56. The van der Waals surface area contributed by atoms with Gasteiger partial charge in [0.1, 0.15) is 12.1 Å². The summed E-state index contributed by atoms with van der Waals surface area (Å²) >= 11 is 0. The number of amides is 3. The second-order valence-corrected chi connectivity index (χ2v) is 7.52. The molecule has 0 aliphatic heterocycles. The number of carboxylic acid groups (broad SMARTS) is 2. The van der Waals surface area contributed by atoms with Crippen molar-refractivity contribution in [3.05, 3.63) is 36.0 Å². The standard InChI is InChI=1S/C21H27N5O8/c22-13(7-11-8-23-14-4-2-1-3-12(11)14)19(31)26-15(5-6-18(29)30)20(32)24-9-17(28)25-16(10-27)21(33)34/h1-4,8,13,15-16,23,27H,5-7,9-10,22H2,(H,24,32)(H,25,28)(H,26,31)(H,29,30)(H,33,34). The summed E-state index contributed by atoms with van der Waals surface area (Å²) in [6, 6.07) is 3.55. The average molecular weight is 477 g/mol. The maximum absolute atomic E-state index is 12.6. The summed E-state index contributed by atoms with van der Waals surface area (Å²) in [6.07, 6.45) is 1.18. The van der Waals surface area contributed by atoms with Crippen molar-refractivity contribution in [1.82, 2.24) is 20.9 Å². The molecule has 3 unspecified atom stereocenters. The lowest BCUT2D eigenvalue weighted by Crippen LogP contribution is -2.54. The van der Waals surface area contributed by atoms with Gasteiger partial charge in [0.05, 0.1) is 19.2 Å². The van der Waals surface area contributed by atoms with E-state index in [2.05, 4.69) is 15.6 Å². The number of aliphatic carboxylic acids is 2. The first-order chi connectivity index (χ1) is 16.1. The molecule has 0 aliphatic carbocycles. The van der Waals surface area contributed by atoms with Crippen LogP contribution in [0.2, 0.25) is 0 Å². The van der Waals surface area contributed by atoms with Crippen LogP contribution in [0.25, 0.3) is 10.9 Å². The Labute approximate surface area is 193 Å². The second kappa shape index (κ2) is 12.3. The lowest BCUT2D eigenvalue weighted by Gasteiger charge is -2.20. The summed E-state index contributed by atoms with van der Waals surface area (Å²) in [7, 11) is 0. The lowest BCUT2D eigenvalue weighted by molar-refractivity contribution is -0.142. The van der Waals surface area contributed by atoms with E-state index in [0.29, 0.717) is 0 Å². The van der Waals surface area contributed by atoms with Gasteiger partial charge in [-0.25, -0.2) is 4.79 Å². The molecule has 0 saturated heterocycles. The number of carbonyl (C=O) groups excluding carboxylic acids is 3. The molecule has 1 aromatic heterocycles. The van der Waals surface area contributed by atoms with Crippen molar-refractivity contribution >= 4 is 40.6 Å². The van der Waals surface area contributed by atoms with Gasteiger partial charge in [-0.15, -0.1) is 0 Å². The van der Waals surface area contributed by atoms with Crippen LogP contribution in [0.3, 0.4) is 0 Å². The van der Waals surface area contributed by atoms with Crippen molar-refractivity contribution in [3.63, 3.8) is 0 Å². The highest BCUT2D eigenvalue weighted by Gasteiger charge is 2.26. The summed E-state index contributed by atoms with van der Waals surface area (Å²) in [5.41, 5.74) is 7.67. The number of H-pyrrole nitrogens is 1. The minimum absolute atomic E-state index is 0.156. The molecule has 0 radical (unpaired) electrons. The Morgan fingerprint density at radius 2 is 1.71 bits per heavy atom. The Morgan fingerprint density at radius 3 is 2.35 bits per heavy atom. The zero-order valence-electron chi connectivity index (χ0n) is 18.1. The van der Waals surface area contributed by atoms with E-state index >= 15 is 0 Å². The van der Waals surface area contributed by atoms with Gasteiger partial charge in [0.25, 0.3) is 0 Å². The van der Waals surface area contributed by atoms with Crippen molar-refractivity contribution < 1.29 is 39.3 Å². The van der Waals surface area contributed by atoms with E-state index in [0.717, 1.165) is 16.5 Å². The molecule has 13 heteroatoms. The third-order valence-electron chi connectivity index (χ3n) is 4.97. The number of carbonyl (C=O) groups is 5. The highest BCUT2D eigenvalue weighted by Crippen LogP contribution is 2.18. The van der Waals surface area contributed by atoms with Crippen LogP contribution in [-0.2, 0) is 30.4 Å². The van der Waals surface area contributed by atoms with Gasteiger partial charge in [0, 0.05) is 23.5 Å². The minimum Gasteiger partial charge on any atom is -0.481 e. The Morgan fingerprint density at radius 1 is 1.00 bits per heavy atom. The summed E-state index contributed by atoms with van der Waals surface area (Å²) in [5.74, 6) is -5.08. The number of hydrogen-bond acceptors (Lipinski definition) is 7. The Balaban J connectivity index is 1.98. The monoisotopic (exact) mass is 477 g/mol. The Bertz CT molecular complexity index is 1050. The van der Waals surface area contributed by atoms with Gasteiger partial charge in [-0.05, 0) is 24.5 Å². The largest absolute Gasteiger partial charge is 0.481 e. The SMILES string of the molecule is NC(Cc1c[nH]c2ccccc12)C(=O)NC(CCC(=O)O)C(=O)NCC(=O)NC(CO)C(=O)O. The van der Waals surface area contributed by atoms with Gasteiger partial charge < -0.3 is 42.0 Å². The number of aromatic amines is 1. The maximum atomic E-state index is 12.6. The van der Waals surface area contributed by atoms with E-state index in [4.69, 9.17) is 21.1 Å². The smallest absolute Gasteiger partial charge is 0.328 e. The van der Waals surface area contributed by atoms with Crippen LogP contribution in [0.4, 0.5) is 0 Å². The molecule has 0 fully saturated rings. The summed E-state index contributed by atoms with van der Waals surface area (Å²) < 4.78 is 0. The first-order valence-electron chi connectivity index (χ1n) is 10.4. The van der Waals surface area contributed by atoms with Gasteiger partial charge >= 0.3 is 11.9 Å². The molecule has 2 aromatic rings. The number of nitrogens with two attached hydrogens (primary N) is 1. The van der Waals surface area contributed by atoms with Gasteiger partial charge in [-0.1, -0.05) is 18.2 Å². The zero-order valence-corrected chi connectivity index (χ0v) is 18.1. The number of hydrogen-bond donors (Lipinski definition) is 8. The molecular formula is C21H27N5O8. The molecule has 3 amide bonds. The Kier molecular flexibility index (Phi) is 9.52. The van der Waals surface area contributed by atoms with Crippen molar-refractivity contribution in [2.24, 2.45) is 5.73 Å². The number of benzene rings is 1. The van der Waals surface area contributed by atoms with Gasteiger partial charge in [0.15, 0.2) is 0 Å². The van der Waals surface area contributed by atoms with Crippen molar-refractivity contribution in [1.29, 1.82) is 0 Å². The summed E-state index contributed by atoms with van der Waals surface area (Å²) in [4.78, 5) is 61.8. The van der Waals surface area contributed by atoms with Gasteiger partial charge in [-0.3, -0.25) is 19.2 Å². The number of para-hydroxylation sites is 1. The molecule has 0 bridgehead atoms. The van der Waals surface area contributed by atoms with Crippen molar-refractivity contribution in [2.45, 2.75) is 37.4 Å². The molecule has 1 heterocycles. The fraction of sp³-hybridized carbons (Fsp3) is 0.381. The molecule has 9 N–H and O–H groups in total. The van der Waals surface area contributed by atoms with E-state index in [-0.39, 0.29) is 12.8 Å². The van der Waals surface area contributed by atoms with Gasteiger partial charge in [-0.2, -0.15) is 0 Å². The van der Waals surface area contributed by atoms with Crippen LogP contribution in [0.5, 0.6) is 0 Å². The quantitative estimate of drug-likeness (QED) is 0.160. The molecule has 184 valence electrons. The highest BCUT2D eigenvalue weighted by atomic mass is 16.4. The van der Waals surface area contributed by atoms with E-state index in [1.165, 1.54) is 0 Å². The normalized spacial score (nSPS) is 13.5. The van der Waals surface area contributed by atoms with E-state index in [1.807, 2.05) is 29.6 Å². The topological polar surface area (TPSA) is 224 Å². The molecule has 13 nitrogen and oxygen atoms in total. The molecular weight excluding hydrogens is 450 g/mol. The number of nitrogens with one attached hydrogen (secondary N) is 4. The van der Waals surface area contributed by atoms with Gasteiger partial charge in [0.2, 0.25) is 17.7 Å². The molecule has 0 saturated carbocycles. The lowest BCUT2D eigenvalue weighted by atomic mass is 10.0. The molecule has 0 aliphatic rings. The van der Waals surface area contributed by atoms with Crippen LogP contribution in [-0.4, -0.2) is 81.2 Å². The van der Waals surface area contributed by atoms with Crippen LogP contribution in [0, 0.1) is 0 Å². The maximum Gasteiger partial charge on any atom is 0.328 e. The number of aromatic nitrogens is 1. The second-order valence-electron chi connectivity index (χ2n) is 7.52. The summed E-state index contributed by atoms with van der Waals surface area (Å²) in [5, 5.41) is 34.2. The number of aliphatic hydroxyl groups excluding tert-OH is 1. The number of fused-ring (bicyclic) bond motifs is 1. The number of aliphatic hydroxyl groups is 1. The first-order valence-corrected chi connectivity index (χ1v) is 10.4. The van der Waals surface area contributed by atoms with Crippen LogP contribution in [0.1, 0.15) is 18.4 Å². The van der Waals surface area contributed by atoms with E-state index < -0.39 is 67.4 Å². The van der Waals surface area contributed by atoms with Crippen LogP contribution in [0.15, 0.2) is 30.5 Å². The first kappa shape index (κ1) is 26.3. The number of rotatable bonds is 13. The summed E-state index contributed by atoms with van der Waals surface area (Å²) in [6.45, 7) is -1.50. The molecule has 3 atom stereocenters. The van der Waals surface area contributed by atoms with Crippen LogP contribution < -0.4 is 21.7 Å². The minimum atomic E-state index is -1.55. The molecule has 2 rings (SSSR count). The number of carboxylic acids is 2. The predicted molar refractivity (Wildman–Crippen MR) is 118 cm³/mol. The van der Waals surface area contributed by atoms with Crippen LogP contribution >= 0.6 is 0 Å². The predicted octanol–water partition coefficient (Wildman–Crippen LogP) is -1.93. The third-order valence-corrected chi connectivity index (χ3v) is 4.97. The average Bonchev–Trinajstić information content (AvgIpc) is 3.20. The zero-order chi connectivity index (χ0) is 25.3. The van der Waals surface area contributed by atoms with Crippen molar-refractivity contribution in [2.75, 3.05) is 13.2 Å². The Hall–Kier alpha value is -3.97. The van der Waals surface area contributed by atoms with E-state index in [1.54, 1.807) is 6.20 Å². The van der Waals surface area contributed by atoms with Crippen molar-refractivity contribution in [3.8, 4) is 0 Å². The molecule has 34 heavy (non-hydrogen) atoms. The molecule has 1 aromatic carbocycles. The highest BCUT2D eigenvalue weighted by molar-refractivity contribution is 5.93. The van der Waals surface area contributed by atoms with E-state index in [9.17, 15) is 24.0 Å². The molecule has 0 spiro atoms. The fourth-order valence-corrected chi connectivity index (χ4v) is 3.17. The fourth-order valence-electron chi connectivity index (χ4n) is 3.17.